The van der Waals surface area contributed by atoms with Gasteiger partial charge in [-0.1, -0.05) is 32.1 Å². The molecule has 178 valence electrons. The average molecular weight is 442 g/mol. The summed E-state index contributed by atoms with van der Waals surface area (Å²) in [5, 5.41) is 20.8. The number of aliphatic hydroxyl groups excluding tert-OH is 1. The summed E-state index contributed by atoms with van der Waals surface area (Å²) in [6.07, 6.45) is 2.25. The molecule has 0 aliphatic heterocycles. The van der Waals surface area contributed by atoms with Gasteiger partial charge in [0.05, 0.1) is 25.9 Å². The minimum absolute atomic E-state index is 0.220. The van der Waals surface area contributed by atoms with Gasteiger partial charge in [0, 0.05) is 18.7 Å². The molecule has 8 nitrogen and oxygen atoms in total. The van der Waals surface area contributed by atoms with E-state index in [1.54, 1.807) is 6.92 Å². The summed E-state index contributed by atoms with van der Waals surface area (Å²) in [6, 6.07) is 7.98. The number of carboxylic acids is 1. The maximum Gasteiger partial charge on any atom is 0.327 e. The Kier molecular flexibility index (Phi) is 17.6. The summed E-state index contributed by atoms with van der Waals surface area (Å²) in [4.78, 5) is 9.51. The molecule has 0 amide bonds. The van der Waals surface area contributed by atoms with Crippen LogP contribution >= 0.6 is 0 Å². The quantitative estimate of drug-likeness (QED) is 0.217. The topological polar surface area (TPSA) is 106 Å². The Balaban J connectivity index is 0.00000131. The zero-order valence-corrected chi connectivity index (χ0v) is 19.4. The van der Waals surface area contributed by atoms with Crippen molar-refractivity contribution in [2.24, 2.45) is 0 Å². The SMILES string of the molecule is C/C=C\C(=O)O.CC(C)NCC(O)COc1ccc(COCOCCOC(C)C)cc1. The maximum atomic E-state index is 9.82. The Hall–Kier alpha value is -1.97. The fourth-order valence-electron chi connectivity index (χ4n) is 2.07. The lowest BCUT2D eigenvalue weighted by atomic mass is 10.2. The van der Waals surface area contributed by atoms with Crippen molar-refractivity contribution >= 4 is 5.97 Å². The second-order valence-corrected chi connectivity index (χ2v) is 7.30. The molecule has 0 spiro atoms. The van der Waals surface area contributed by atoms with Crippen molar-refractivity contribution in [2.45, 2.75) is 59.5 Å². The predicted octanol–water partition coefficient (Wildman–Crippen LogP) is 2.99. The van der Waals surface area contributed by atoms with Crippen molar-refractivity contribution in [3.8, 4) is 5.75 Å². The lowest BCUT2D eigenvalue weighted by Crippen LogP contribution is -2.35. The molecule has 1 aromatic carbocycles. The first-order chi connectivity index (χ1) is 14.7. The van der Waals surface area contributed by atoms with Crippen LogP contribution in [0.2, 0.25) is 0 Å². The van der Waals surface area contributed by atoms with E-state index in [4.69, 9.17) is 24.1 Å². The van der Waals surface area contributed by atoms with E-state index in [-0.39, 0.29) is 19.5 Å². The van der Waals surface area contributed by atoms with Crippen LogP contribution in [-0.2, 0) is 25.6 Å². The molecule has 0 heterocycles. The molecule has 0 radical (unpaired) electrons. The number of carboxylic acid groups (broad SMARTS) is 1. The van der Waals surface area contributed by atoms with Crippen LogP contribution in [0.3, 0.4) is 0 Å². The normalized spacial score (nSPS) is 12.1. The molecule has 0 aliphatic carbocycles. The van der Waals surface area contributed by atoms with E-state index >= 15 is 0 Å². The van der Waals surface area contributed by atoms with E-state index in [2.05, 4.69) is 5.32 Å². The zero-order chi connectivity index (χ0) is 23.5. The highest BCUT2D eigenvalue weighted by Crippen LogP contribution is 2.13. The predicted molar refractivity (Wildman–Crippen MR) is 120 cm³/mol. The largest absolute Gasteiger partial charge is 0.491 e. The molecule has 1 atom stereocenters. The smallest absolute Gasteiger partial charge is 0.327 e. The van der Waals surface area contributed by atoms with E-state index < -0.39 is 12.1 Å². The molecule has 0 saturated carbocycles. The van der Waals surface area contributed by atoms with Gasteiger partial charge in [-0.25, -0.2) is 4.79 Å². The first kappa shape index (κ1) is 29.0. The minimum atomic E-state index is -0.891. The van der Waals surface area contributed by atoms with E-state index in [1.807, 2.05) is 52.0 Å². The van der Waals surface area contributed by atoms with Gasteiger partial charge in [-0.2, -0.15) is 0 Å². The summed E-state index contributed by atoms with van der Waals surface area (Å²) >= 11 is 0. The number of benzene rings is 1. The van der Waals surface area contributed by atoms with Gasteiger partial charge in [0.15, 0.2) is 0 Å². The molecule has 3 N–H and O–H groups in total. The number of nitrogens with one attached hydrogen (secondary N) is 1. The molecule has 0 aromatic heterocycles. The highest BCUT2D eigenvalue weighted by atomic mass is 16.7. The van der Waals surface area contributed by atoms with E-state index in [0.29, 0.717) is 32.4 Å². The standard InChI is InChI=1S/C19H33NO5.C4H6O2/c1-15(2)20-11-18(21)13-25-19-7-5-17(6-8-19)12-23-14-22-9-10-24-16(3)4;1-2-3-4(5)6/h5-8,15-16,18,20-21H,9-14H2,1-4H3;2-3H,1H3,(H,5,6)/b;3-2-. The third-order valence-corrected chi connectivity index (χ3v) is 3.55. The van der Waals surface area contributed by atoms with Crippen molar-refractivity contribution in [2.75, 3.05) is 33.2 Å². The number of aliphatic hydroxyl groups is 1. The van der Waals surface area contributed by atoms with Crippen molar-refractivity contribution in [1.82, 2.24) is 5.32 Å². The fourth-order valence-corrected chi connectivity index (χ4v) is 2.07. The Morgan fingerprint density at radius 1 is 1.10 bits per heavy atom. The van der Waals surface area contributed by atoms with E-state index in [0.717, 1.165) is 17.4 Å². The molecule has 31 heavy (non-hydrogen) atoms. The Bertz CT molecular complexity index is 588. The first-order valence-electron chi connectivity index (χ1n) is 10.5. The highest BCUT2D eigenvalue weighted by Gasteiger charge is 2.06. The third kappa shape index (κ3) is 19.7. The minimum Gasteiger partial charge on any atom is -0.491 e. The maximum absolute atomic E-state index is 9.82. The average Bonchev–Trinajstić information content (AvgIpc) is 2.71. The summed E-state index contributed by atoms with van der Waals surface area (Å²) in [7, 11) is 0. The second-order valence-electron chi connectivity index (χ2n) is 7.30. The van der Waals surface area contributed by atoms with Gasteiger partial charge < -0.3 is 34.5 Å². The summed E-state index contributed by atoms with van der Waals surface area (Å²) in [5.74, 6) is -0.160. The van der Waals surface area contributed by atoms with Gasteiger partial charge in [-0.05, 0) is 38.5 Å². The van der Waals surface area contributed by atoms with Gasteiger partial charge >= 0.3 is 5.97 Å². The molecule has 0 aliphatic rings. The van der Waals surface area contributed by atoms with Crippen molar-refractivity contribution < 1.29 is 34.0 Å². The number of allylic oxidation sites excluding steroid dienone is 1. The molecule has 0 fully saturated rings. The number of hydrogen-bond acceptors (Lipinski definition) is 7. The number of rotatable bonds is 15. The van der Waals surface area contributed by atoms with Crippen molar-refractivity contribution in [3.63, 3.8) is 0 Å². The molecule has 8 heteroatoms. The monoisotopic (exact) mass is 441 g/mol. The molecule has 1 aromatic rings. The molecule has 0 saturated heterocycles. The summed E-state index contributed by atoms with van der Waals surface area (Å²) in [6.45, 7) is 12.3. The first-order valence-corrected chi connectivity index (χ1v) is 10.5. The van der Waals surface area contributed by atoms with Gasteiger partial charge in [0.25, 0.3) is 0 Å². The molecular formula is C23H39NO7. The van der Waals surface area contributed by atoms with Crippen LogP contribution < -0.4 is 10.1 Å². The van der Waals surface area contributed by atoms with Gasteiger partial charge in [0.2, 0.25) is 0 Å². The Labute approximate surface area is 186 Å². The second kappa shape index (κ2) is 18.8. The lowest BCUT2D eigenvalue weighted by Gasteiger charge is -2.15. The number of aliphatic carboxylic acids is 1. The number of hydrogen-bond donors (Lipinski definition) is 3. The molecule has 0 bridgehead atoms. The van der Waals surface area contributed by atoms with Crippen LogP contribution in [0.15, 0.2) is 36.4 Å². The van der Waals surface area contributed by atoms with E-state index in [1.165, 1.54) is 6.08 Å². The summed E-state index contributed by atoms with van der Waals surface area (Å²) < 4.78 is 21.7. The lowest BCUT2D eigenvalue weighted by molar-refractivity contribution is -0.131. The number of carbonyl (C=O) groups is 1. The van der Waals surface area contributed by atoms with Crippen LogP contribution in [0.5, 0.6) is 5.75 Å². The van der Waals surface area contributed by atoms with Crippen LogP contribution in [0.25, 0.3) is 0 Å². The molecule has 1 rings (SSSR count). The molecule has 1 unspecified atom stereocenters. The molecular weight excluding hydrogens is 402 g/mol. The van der Waals surface area contributed by atoms with Gasteiger partial charge in [-0.15, -0.1) is 0 Å². The van der Waals surface area contributed by atoms with Crippen LogP contribution in [0, 0.1) is 0 Å². The van der Waals surface area contributed by atoms with Crippen molar-refractivity contribution in [1.29, 1.82) is 0 Å². The number of ether oxygens (including phenoxy) is 4. The van der Waals surface area contributed by atoms with Crippen LogP contribution in [0.1, 0.15) is 40.2 Å². The van der Waals surface area contributed by atoms with Crippen LogP contribution in [-0.4, -0.2) is 67.6 Å². The highest BCUT2D eigenvalue weighted by molar-refractivity contribution is 5.79. The Morgan fingerprint density at radius 3 is 2.29 bits per heavy atom. The zero-order valence-electron chi connectivity index (χ0n) is 19.4. The fraction of sp³-hybridized carbons (Fsp3) is 0.609. The summed E-state index contributed by atoms with van der Waals surface area (Å²) in [5.41, 5.74) is 1.04. The third-order valence-electron chi connectivity index (χ3n) is 3.55. The Morgan fingerprint density at radius 2 is 1.77 bits per heavy atom. The van der Waals surface area contributed by atoms with Gasteiger partial charge in [-0.3, -0.25) is 0 Å². The van der Waals surface area contributed by atoms with Gasteiger partial charge in [0.1, 0.15) is 25.3 Å². The van der Waals surface area contributed by atoms with E-state index in [9.17, 15) is 9.90 Å². The van der Waals surface area contributed by atoms with Crippen LogP contribution in [0.4, 0.5) is 0 Å². The van der Waals surface area contributed by atoms with Crippen molar-refractivity contribution in [3.05, 3.63) is 42.0 Å².